The zero-order chi connectivity index (χ0) is 15.6. The van der Waals surface area contributed by atoms with Crippen molar-refractivity contribution in [3.63, 3.8) is 0 Å². The van der Waals surface area contributed by atoms with Crippen molar-refractivity contribution in [3.05, 3.63) is 63.1 Å². The van der Waals surface area contributed by atoms with Gasteiger partial charge >= 0.3 is 6.18 Å². The summed E-state index contributed by atoms with van der Waals surface area (Å²) in [4.78, 5) is 0. The molecule has 1 nitrogen and oxygen atoms in total. The first kappa shape index (κ1) is 16.2. The van der Waals surface area contributed by atoms with Crippen LogP contribution in [-0.2, 0) is 6.18 Å². The summed E-state index contributed by atoms with van der Waals surface area (Å²) >= 11 is 9.34. The minimum Gasteiger partial charge on any atom is -0.377 e. The first-order valence-electron chi connectivity index (χ1n) is 6.16. The van der Waals surface area contributed by atoms with E-state index in [4.69, 9.17) is 11.6 Å². The summed E-state index contributed by atoms with van der Waals surface area (Å²) in [6.07, 6.45) is -4.39. The quantitative estimate of drug-likeness (QED) is 0.661. The lowest BCUT2D eigenvalue weighted by molar-refractivity contribution is -0.137. The number of benzene rings is 2. The molecule has 0 spiro atoms. The van der Waals surface area contributed by atoms with E-state index in [0.29, 0.717) is 0 Å². The largest absolute Gasteiger partial charge is 0.416 e. The molecular weight excluding hydrogens is 367 g/mol. The third kappa shape index (κ3) is 4.14. The van der Waals surface area contributed by atoms with Gasteiger partial charge in [0.2, 0.25) is 0 Å². The fourth-order valence-electron chi connectivity index (χ4n) is 1.90. The summed E-state index contributed by atoms with van der Waals surface area (Å²) < 4.78 is 39.1. The molecule has 1 N–H and O–H groups in total. The van der Waals surface area contributed by atoms with Crippen molar-refractivity contribution in [3.8, 4) is 0 Å². The molecule has 0 radical (unpaired) electrons. The number of anilines is 1. The molecule has 112 valence electrons. The molecule has 0 heterocycles. The molecule has 0 saturated carbocycles. The predicted molar refractivity (Wildman–Crippen MR) is 82.6 cm³/mol. The van der Waals surface area contributed by atoms with Gasteiger partial charge < -0.3 is 5.32 Å². The standard InChI is InChI=1S/C15H12BrClF3N/c1-9(10-3-2-4-12(16)7-10)21-14-8-11(15(18,19)20)5-6-13(14)17/h2-9,21H,1H3. The van der Waals surface area contributed by atoms with E-state index in [2.05, 4.69) is 21.2 Å². The average Bonchev–Trinajstić information content (AvgIpc) is 2.40. The summed E-state index contributed by atoms with van der Waals surface area (Å²) in [6, 6.07) is 10.6. The monoisotopic (exact) mass is 377 g/mol. The van der Waals surface area contributed by atoms with Crippen LogP contribution < -0.4 is 5.32 Å². The first-order valence-corrected chi connectivity index (χ1v) is 7.33. The van der Waals surface area contributed by atoms with Crippen LogP contribution in [0.3, 0.4) is 0 Å². The van der Waals surface area contributed by atoms with E-state index in [1.807, 2.05) is 31.2 Å². The molecule has 6 heteroatoms. The van der Waals surface area contributed by atoms with Crippen LogP contribution in [0, 0.1) is 0 Å². The Bertz CT molecular complexity index is 643. The molecule has 0 fully saturated rings. The fraction of sp³-hybridized carbons (Fsp3) is 0.200. The highest BCUT2D eigenvalue weighted by Gasteiger charge is 2.31. The van der Waals surface area contributed by atoms with E-state index in [0.717, 1.165) is 22.2 Å². The topological polar surface area (TPSA) is 12.0 Å². The molecule has 1 atom stereocenters. The van der Waals surface area contributed by atoms with Gasteiger partial charge in [0, 0.05) is 10.5 Å². The van der Waals surface area contributed by atoms with E-state index in [1.165, 1.54) is 6.07 Å². The SMILES string of the molecule is CC(Nc1cc(C(F)(F)F)ccc1Cl)c1cccc(Br)c1. The fourth-order valence-corrected chi connectivity index (χ4v) is 2.49. The molecule has 0 aliphatic rings. The molecule has 0 amide bonds. The van der Waals surface area contributed by atoms with Crippen molar-refractivity contribution in [1.29, 1.82) is 0 Å². The first-order chi connectivity index (χ1) is 9.77. The van der Waals surface area contributed by atoms with E-state index in [-0.39, 0.29) is 16.8 Å². The average molecular weight is 379 g/mol. The van der Waals surface area contributed by atoms with E-state index in [9.17, 15) is 13.2 Å². The Kier molecular flexibility index (Phi) is 4.84. The van der Waals surface area contributed by atoms with Crippen molar-refractivity contribution in [1.82, 2.24) is 0 Å². The summed E-state index contributed by atoms with van der Waals surface area (Å²) in [5.74, 6) is 0. The van der Waals surface area contributed by atoms with Crippen LogP contribution in [0.15, 0.2) is 46.9 Å². The Balaban J connectivity index is 2.26. The second kappa shape index (κ2) is 6.28. The third-order valence-corrected chi connectivity index (χ3v) is 3.84. The second-order valence-electron chi connectivity index (χ2n) is 4.61. The van der Waals surface area contributed by atoms with Gasteiger partial charge in [-0.1, -0.05) is 39.7 Å². The van der Waals surface area contributed by atoms with Gasteiger partial charge in [-0.15, -0.1) is 0 Å². The lowest BCUT2D eigenvalue weighted by Crippen LogP contribution is -2.10. The van der Waals surface area contributed by atoms with Crippen molar-refractivity contribution < 1.29 is 13.2 Å². The van der Waals surface area contributed by atoms with Crippen LogP contribution in [0.25, 0.3) is 0 Å². The van der Waals surface area contributed by atoms with Crippen LogP contribution in [-0.4, -0.2) is 0 Å². The van der Waals surface area contributed by atoms with Gasteiger partial charge in [-0.2, -0.15) is 13.2 Å². The highest BCUT2D eigenvalue weighted by atomic mass is 79.9. The summed E-state index contributed by atoms with van der Waals surface area (Å²) in [7, 11) is 0. The Morgan fingerprint density at radius 3 is 2.48 bits per heavy atom. The Morgan fingerprint density at radius 2 is 1.86 bits per heavy atom. The summed E-state index contributed by atoms with van der Waals surface area (Å²) in [5.41, 5.74) is 0.479. The predicted octanol–water partition coefficient (Wildman–Crippen LogP) is 6.29. The molecule has 2 aromatic carbocycles. The van der Waals surface area contributed by atoms with Crippen LogP contribution in [0.1, 0.15) is 24.1 Å². The Hall–Kier alpha value is -1.20. The summed E-state index contributed by atoms with van der Waals surface area (Å²) in [5, 5.41) is 3.27. The minimum absolute atomic E-state index is 0.177. The van der Waals surface area contributed by atoms with E-state index >= 15 is 0 Å². The lowest BCUT2D eigenvalue weighted by Gasteiger charge is -2.18. The maximum atomic E-state index is 12.7. The second-order valence-corrected chi connectivity index (χ2v) is 5.94. The van der Waals surface area contributed by atoms with Gasteiger partial charge in [0.1, 0.15) is 0 Å². The van der Waals surface area contributed by atoms with Crippen LogP contribution in [0.2, 0.25) is 5.02 Å². The molecule has 21 heavy (non-hydrogen) atoms. The van der Waals surface area contributed by atoms with Gasteiger partial charge in [0.15, 0.2) is 0 Å². The Morgan fingerprint density at radius 1 is 1.14 bits per heavy atom. The van der Waals surface area contributed by atoms with E-state index < -0.39 is 11.7 Å². The number of hydrogen-bond donors (Lipinski definition) is 1. The van der Waals surface area contributed by atoms with Gasteiger partial charge in [0.05, 0.1) is 16.3 Å². The molecule has 0 aromatic heterocycles. The Labute approximate surface area is 134 Å². The number of alkyl halides is 3. The van der Waals surface area contributed by atoms with Crippen molar-refractivity contribution in [2.24, 2.45) is 0 Å². The smallest absolute Gasteiger partial charge is 0.377 e. The number of halogens is 5. The van der Waals surface area contributed by atoms with Gasteiger partial charge in [0.25, 0.3) is 0 Å². The normalized spacial score (nSPS) is 13.0. The third-order valence-electron chi connectivity index (χ3n) is 3.01. The zero-order valence-electron chi connectivity index (χ0n) is 11.0. The maximum absolute atomic E-state index is 12.7. The molecule has 0 bridgehead atoms. The maximum Gasteiger partial charge on any atom is 0.416 e. The van der Waals surface area contributed by atoms with Crippen LogP contribution in [0.4, 0.5) is 18.9 Å². The van der Waals surface area contributed by atoms with Crippen LogP contribution >= 0.6 is 27.5 Å². The van der Waals surface area contributed by atoms with Gasteiger partial charge in [-0.05, 0) is 42.8 Å². The molecule has 2 aromatic rings. The molecule has 0 aliphatic heterocycles. The molecule has 1 unspecified atom stereocenters. The highest BCUT2D eigenvalue weighted by molar-refractivity contribution is 9.10. The van der Waals surface area contributed by atoms with E-state index in [1.54, 1.807) is 0 Å². The van der Waals surface area contributed by atoms with Crippen molar-refractivity contribution in [2.45, 2.75) is 19.1 Å². The highest BCUT2D eigenvalue weighted by Crippen LogP contribution is 2.35. The molecule has 0 aliphatic carbocycles. The minimum atomic E-state index is -4.39. The molecule has 0 saturated heterocycles. The summed E-state index contributed by atoms with van der Waals surface area (Å²) in [6.45, 7) is 1.86. The zero-order valence-corrected chi connectivity index (χ0v) is 13.4. The number of nitrogens with one attached hydrogen (secondary N) is 1. The molecular formula is C15H12BrClF3N. The molecule has 2 rings (SSSR count). The van der Waals surface area contributed by atoms with Crippen molar-refractivity contribution in [2.75, 3.05) is 5.32 Å². The van der Waals surface area contributed by atoms with Gasteiger partial charge in [-0.25, -0.2) is 0 Å². The number of rotatable bonds is 3. The van der Waals surface area contributed by atoms with Gasteiger partial charge in [-0.3, -0.25) is 0 Å². The van der Waals surface area contributed by atoms with Crippen molar-refractivity contribution >= 4 is 33.2 Å². The van der Waals surface area contributed by atoms with Crippen LogP contribution in [0.5, 0.6) is 0 Å². The number of hydrogen-bond acceptors (Lipinski definition) is 1. The lowest BCUT2D eigenvalue weighted by atomic mass is 10.1.